The van der Waals surface area contributed by atoms with Gasteiger partial charge in [-0.05, 0) is 122 Å². The summed E-state index contributed by atoms with van der Waals surface area (Å²) in [6.07, 6.45) is 0. The molecule has 4 aromatic heterocycles. The second kappa shape index (κ2) is 15.1. The summed E-state index contributed by atoms with van der Waals surface area (Å²) < 4.78 is 10.4. The average molecular weight is 991 g/mol. The molecule has 9 aromatic carbocycles. The van der Waals surface area contributed by atoms with Crippen LogP contribution in [0.15, 0.2) is 170 Å². The summed E-state index contributed by atoms with van der Waals surface area (Å²) in [4.78, 5) is 8.38. The van der Waals surface area contributed by atoms with Crippen molar-refractivity contribution in [2.75, 3.05) is 4.81 Å². The topological polar surface area (TPSA) is 26.0 Å². The van der Waals surface area contributed by atoms with Crippen molar-refractivity contribution in [2.24, 2.45) is 0 Å². The first kappa shape index (κ1) is 44.1. The van der Waals surface area contributed by atoms with Gasteiger partial charge in [0, 0.05) is 85.0 Å². The van der Waals surface area contributed by atoms with E-state index in [0.717, 1.165) is 28.1 Å². The van der Waals surface area contributed by atoms with Crippen molar-refractivity contribution in [2.45, 2.75) is 78.6 Å². The van der Waals surface area contributed by atoms with Gasteiger partial charge < -0.3 is 9.38 Å². The average Bonchev–Trinajstić information content (AvgIpc) is 4.16. The quantitative estimate of drug-likeness (QED) is 0.165. The number of nitrogens with zero attached hydrogens (tertiary/aromatic N) is 4. The smallest absolute Gasteiger partial charge is 0.333 e. The molecule has 0 N–H and O–H groups in total. The van der Waals surface area contributed by atoms with Crippen LogP contribution in [0, 0.1) is 0 Å². The molecule has 15 rings (SSSR count). The van der Waals surface area contributed by atoms with Crippen LogP contribution in [0.4, 0.5) is 11.4 Å². The number of hydrogen-bond donors (Lipinski definition) is 0. The lowest BCUT2D eigenvalue weighted by Gasteiger charge is -2.42. The van der Waals surface area contributed by atoms with Gasteiger partial charge in [0.05, 0.1) is 22.1 Å². The minimum absolute atomic E-state index is 0.000302. The van der Waals surface area contributed by atoms with E-state index < -0.39 is 0 Å². The van der Waals surface area contributed by atoms with Gasteiger partial charge in [0.25, 0.3) is 0 Å². The summed E-state index contributed by atoms with van der Waals surface area (Å²) in [7, 11) is 0. The van der Waals surface area contributed by atoms with Crippen LogP contribution >= 0.6 is 22.7 Å². The summed E-state index contributed by atoms with van der Waals surface area (Å²) in [6, 6.07) is 64.8. The molecule has 0 bridgehead atoms. The Bertz CT molecular complexity index is 4530. The largest absolute Gasteiger partial charge is 0.376 e. The normalized spacial score (nSPS) is 13.7. The first-order chi connectivity index (χ1) is 35.6. The molecule has 4 nitrogen and oxygen atoms in total. The Balaban J connectivity index is 1.16. The van der Waals surface area contributed by atoms with Gasteiger partial charge >= 0.3 is 6.85 Å². The number of thiophene rings is 2. The number of aromatic nitrogens is 3. The molecule has 0 saturated heterocycles. The molecule has 7 heteroatoms. The lowest BCUT2D eigenvalue weighted by atomic mass is 9.43. The summed E-state index contributed by atoms with van der Waals surface area (Å²) >= 11 is 3.90. The van der Waals surface area contributed by atoms with Crippen LogP contribution in [0.3, 0.4) is 0 Å². The molecule has 6 heterocycles. The Labute approximate surface area is 440 Å². The number of fused-ring (bicyclic) bond motifs is 17. The van der Waals surface area contributed by atoms with Crippen LogP contribution in [0.5, 0.6) is 0 Å². The maximum Gasteiger partial charge on any atom is 0.333 e. The zero-order valence-corrected chi connectivity index (χ0v) is 45.0. The number of anilines is 2. The minimum Gasteiger partial charge on any atom is -0.376 e. The Hall–Kier alpha value is -7.45. The summed E-state index contributed by atoms with van der Waals surface area (Å²) in [5, 5.41) is 7.96. The Morgan fingerprint density at radius 1 is 0.459 bits per heavy atom. The van der Waals surface area contributed by atoms with E-state index >= 15 is 0 Å². The first-order valence-corrected chi connectivity index (χ1v) is 27.8. The van der Waals surface area contributed by atoms with Gasteiger partial charge in [-0.3, -0.25) is 4.57 Å². The first-order valence-electron chi connectivity index (χ1n) is 26.1. The highest BCUT2D eigenvalue weighted by Crippen LogP contribution is 2.55. The molecule has 13 aromatic rings. The van der Waals surface area contributed by atoms with Crippen molar-refractivity contribution < 1.29 is 0 Å². The van der Waals surface area contributed by atoms with Crippen molar-refractivity contribution in [3.63, 3.8) is 0 Å². The maximum absolute atomic E-state index is 5.66. The van der Waals surface area contributed by atoms with Crippen molar-refractivity contribution in [3.8, 4) is 33.9 Å². The monoisotopic (exact) mass is 990 g/mol. The summed E-state index contributed by atoms with van der Waals surface area (Å²) in [6.45, 7) is 20.8. The lowest BCUT2D eigenvalue weighted by molar-refractivity contribution is 0.590. The Morgan fingerprint density at radius 3 is 1.86 bits per heavy atom. The summed E-state index contributed by atoms with van der Waals surface area (Å²) in [5.74, 6) is 0.932. The van der Waals surface area contributed by atoms with Crippen LogP contribution in [-0.4, -0.2) is 21.0 Å². The maximum atomic E-state index is 5.66. The third kappa shape index (κ3) is 6.17. The predicted molar refractivity (Wildman–Crippen MR) is 322 cm³/mol. The third-order valence-electron chi connectivity index (χ3n) is 16.3. The van der Waals surface area contributed by atoms with E-state index in [1.54, 1.807) is 0 Å². The fraction of sp³-hybridized carbons (Fsp3) is 0.179. The van der Waals surface area contributed by atoms with E-state index in [0.29, 0.717) is 0 Å². The Morgan fingerprint density at radius 2 is 1.12 bits per heavy atom. The van der Waals surface area contributed by atoms with Crippen molar-refractivity contribution in [3.05, 3.63) is 187 Å². The number of hydrogen-bond acceptors (Lipinski definition) is 4. The molecule has 0 radical (unpaired) electrons. The zero-order valence-electron chi connectivity index (χ0n) is 43.3. The van der Waals surface area contributed by atoms with E-state index in [9.17, 15) is 0 Å². The molecular weight excluding hydrogens is 936 g/mol. The molecule has 74 heavy (non-hydrogen) atoms. The fourth-order valence-electron chi connectivity index (χ4n) is 12.6. The molecule has 0 fully saturated rings. The minimum atomic E-state index is -0.196. The molecule has 2 aliphatic heterocycles. The lowest BCUT2D eigenvalue weighted by Crippen LogP contribution is -2.60. The van der Waals surface area contributed by atoms with Gasteiger partial charge in [0.1, 0.15) is 5.82 Å². The van der Waals surface area contributed by atoms with E-state index in [4.69, 9.17) is 4.98 Å². The SMILES string of the molecule is CC(C)(C)c1ccc(N2B3c4cc5nc(-c6ccccc6)n(-c6ccccc6)c5cc4-n4c5ccc(C(C)(C)C)cc5c5c6sc7ccccc7c6c(c3c54)-c3cc4sc5cc(C(C)(C)C)ccc5c4cc32)cc1. The predicted octanol–water partition coefficient (Wildman–Crippen LogP) is 17.7. The van der Waals surface area contributed by atoms with Crippen LogP contribution in [0.25, 0.3) is 107 Å². The second-order valence-electron chi connectivity index (χ2n) is 24.0. The highest BCUT2D eigenvalue weighted by atomic mass is 32.1. The molecule has 358 valence electrons. The van der Waals surface area contributed by atoms with Gasteiger partial charge in [-0.15, -0.1) is 22.7 Å². The van der Waals surface area contributed by atoms with E-state index in [1.807, 2.05) is 22.7 Å². The van der Waals surface area contributed by atoms with Gasteiger partial charge in [-0.25, -0.2) is 4.98 Å². The highest BCUT2D eigenvalue weighted by molar-refractivity contribution is 7.27. The van der Waals surface area contributed by atoms with Crippen molar-refractivity contribution >= 4 is 125 Å². The van der Waals surface area contributed by atoms with E-state index in [2.05, 4.69) is 246 Å². The van der Waals surface area contributed by atoms with E-state index in [-0.39, 0.29) is 23.1 Å². The molecule has 0 spiro atoms. The second-order valence-corrected chi connectivity index (χ2v) is 26.1. The number of benzene rings is 9. The molecule has 0 aliphatic carbocycles. The van der Waals surface area contributed by atoms with Crippen LogP contribution in [0.1, 0.15) is 79.0 Å². The van der Waals surface area contributed by atoms with Gasteiger partial charge in [-0.2, -0.15) is 0 Å². The highest BCUT2D eigenvalue weighted by Gasteiger charge is 2.46. The molecule has 0 atom stereocenters. The van der Waals surface area contributed by atoms with Crippen LogP contribution in [0.2, 0.25) is 0 Å². The molecule has 2 aliphatic rings. The zero-order chi connectivity index (χ0) is 50.3. The van der Waals surface area contributed by atoms with Crippen molar-refractivity contribution in [1.29, 1.82) is 0 Å². The van der Waals surface area contributed by atoms with Gasteiger partial charge in [0.2, 0.25) is 0 Å². The molecular formula is C67H55BN4S2. The summed E-state index contributed by atoms with van der Waals surface area (Å²) in [5.41, 5.74) is 19.7. The fourth-order valence-corrected chi connectivity index (χ4v) is 15.0. The van der Waals surface area contributed by atoms with Crippen LogP contribution < -0.4 is 15.7 Å². The molecule has 0 saturated carbocycles. The standard InChI is InChI=1S/C67H55BN4S2/c1-65(2,3)39-24-28-43(29-25-39)72-52-34-46-44-30-26-41(67(7,8)9)33-56(44)73-57(46)35-48(52)58-59-45-22-16-17-23-55(45)74-63(59)60-47-32-40(66(4,5)6)27-31-51(47)71-53-37-54-50(36-49(53)68(72)61(58)62(60)71)69-64(38-18-12-10-13-19-38)70(54)42-20-14-11-15-21-42/h10-37H,1-9H3. The van der Waals surface area contributed by atoms with Crippen LogP contribution in [-0.2, 0) is 16.2 Å². The molecule has 0 unspecified atom stereocenters. The van der Waals surface area contributed by atoms with Crippen molar-refractivity contribution in [1.82, 2.24) is 14.1 Å². The number of para-hydroxylation sites is 1. The van der Waals surface area contributed by atoms with Gasteiger partial charge in [0.15, 0.2) is 0 Å². The molecule has 0 amide bonds. The van der Waals surface area contributed by atoms with Gasteiger partial charge in [-0.1, -0.05) is 159 Å². The number of rotatable bonds is 3. The third-order valence-corrected chi connectivity index (χ3v) is 18.6. The Kier molecular flexibility index (Phi) is 8.99. The number of imidazole rings is 1. The van der Waals surface area contributed by atoms with E-state index in [1.165, 1.54) is 118 Å².